The molecule has 0 fully saturated rings. The first-order chi connectivity index (χ1) is 11.6. The maximum absolute atomic E-state index is 12.7. The number of esters is 1. The number of hydrogen-bond donors (Lipinski definition) is 1. The summed E-state index contributed by atoms with van der Waals surface area (Å²) >= 11 is 0. The highest BCUT2D eigenvalue weighted by Gasteiger charge is 2.30. The fraction of sp³-hybridized carbons (Fsp3) is 0.188. The zero-order valence-electron chi connectivity index (χ0n) is 13.0. The lowest BCUT2D eigenvalue weighted by Gasteiger charge is -2.10. The standard InChI is InChI=1S/C16H14F3NO4S/c1-20-25(22,23)14-7-3-5-12(9-14)15(21)24-10-11-4-2-6-13(8-11)16(17,18)19/h2-9,20H,10H2,1H3. The van der Waals surface area contributed by atoms with Gasteiger partial charge in [-0.2, -0.15) is 13.2 Å². The minimum atomic E-state index is -4.49. The Labute approximate surface area is 142 Å². The molecule has 0 unspecified atom stereocenters. The van der Waals surface area contributed by atoms with Gasteiger partial charge >= 0.3 is 12.1 Å². The molecule has 0 heterocycles. The Hall–Kier alpha value is -2.39. The molecule has 0 atom stereocenters. The maximum atomic E-state index is 12.7. The van der Waals surface area contributed by atoms with Gasteiger partial charge in [-0.25, -0.2) is 17.9 Å². The monoisotopic (exact) mass is 373 g/mol. The average molecular weight is 373 g/mol. The molecule has 0 saturated heterocycles. The van der Waals surface area contributed by atoms with Crippen LogP contribution >= 0.6 is 0 Å². The number of carbonyl (C=O) groups is 1. The molecule has 25 heavy (non-hydrogen) atoms. The first kappa shape index (κ1) is 18.9. The number of hydrogen-bond acceptors (Lipinski definition) is 4. The molecule has 9 heteroatoms. The fourth-order valence-electron chi connectivity index (χ4n) is 1.98. The van der Waals surface area contributed by atoms with Crippen LogP contribution in [0.2, 0.25) is 0 Å². The minimum absolute atomic E-state index is 0.0247. The second-order valence-corrected chi connectivity index (χ2v) is 6.90. The van der Waals surface area contributed by atoms with Crippen molar-refractivity contribution in [1.29, 1.82) is 0 Å². The van der Waals surface area contributed by atoms with Crippen LogP contribution in [-0.2, 0) is 27.5 Å². The Morgan fingerprint density at radius 3 is 2.44 bits per heavy atom. The Bertz CT molecular complexity index is 879. The molecule has 0 aromatic heterocycles. The van der Waals surface area contributed by atoms with Gasteiger partial charge in [0, 0.05) is 0 Å². The summed E-state index contributed by atoms with van der Waals surface area (Å²) in [6, 6.07) is 9.55. The molecular formula is C16H14F3NO4S. The van der Waals surface area contributed by atoms with Crippen molar-refractivity contribution in [2.45, 2.75) is 17.7 Å². The lowest BCUT2D eigenvalue weighted by atomic mass is 10.1. The number of alkyl halides is 3. The van der Waals surface area contributed by atoms with Crippen LogP contribution in [0.5, 0.6) is 0 Å². The van der Waals surface area contributed by atoms with E-state index in [1.54, 1.807) is 0 Å². The molecule has 1 N–H and O–H groups in total. The van der Waals surface area contributed by atoms with E-state index in [1.165, 1.54) is 37.4 Å². The van der Waals surface area contributed by atoms with Gasteiger partial charge in [0.05, 0.1) is 16.0 Å². The van der Waals surface area contributed by atoms with Crippen molar-refractivity contribution in [3.05, 3.63) is 65.2 Å². The van der Waals surface area contributed by atoms with E-state index in [0.29, 0.717) is 0 Å². The minimum Gasteiger partial charge on any atom is -0.457 e. The smallest absolute Gasteiger partial charge is 0.416 e. The SMILES string of the molecule is CNS(=O)(=O)c1cccc(C(=O)OCc2cccc(C(F)(F)F)c2)c1. The lowest BCUT2D eigenvalue weighted by Crippen LogP contribution is -2.19. The topological polar surface area (TPSA) is 72.5 Å². The largest absolute Gasteiger partial charge is 0.457 e. The molecule has 0 amide bonds. The normalized spacial score (nSPS) is 12.0. The predicted molar refractivity (Wildman–Crippen MR) is 83.3 cm³/mol. The number of benzene rings is 2. The van der Waals surface area contributed by atoms with Gasteiger partial charge in [0.15, 0.2) is 0 Å². The summed E-state index contributed by atoms with van der Waals surface area (Å²) < 4.78 is 68.5. The molecular weight excluding hydrogens is 359 g/mol. The van der Waals surface area contributed by atoms with E-state index in [9.17, 15) is 26.4 Å². The highest BCUT2D eigenvalue weighted by Crippen LogP contribution is 2.29. The Kier molecular flexibility index (Phi) is 5.48. The van der Waals surface area contributed by atoms with E-state index in [0.717, 1.165) is 18.2 Å². The van der Waals surface area contributed by atoms with Gasteiger partial charge in [0.25, 0.3) is 0 Å². The molecule has 134 valence electrons. The zero-order valence-corrected chi connectivity index (χ0v) is 13.8. The van der Waals surface area contributed by atoms with Gasteiger partial charge in [-0.15, -0.1) is 0 Å². The van der Waals surface area contributed by atoms with Crippen molar-refractivity contribution in [3.8, 4) is 0 Å². The fourth-order valence-corrected chi connectivity index (χ4v) is 2.75. The number of nitrogens with one attached hydrogen (secondary N) is 1. The van der Waals surface area contributed by atoms with Crippen LogP contribution in [-0.4, -0.2) is 21.4 Å². The summed E-state index contributed by atoms with van der Waals surface area (Å²) in [6.07, 6.45) is -4.49. The Morgan fingerprint density at radius 1 is 1.12 bits per heavy atom. The summed E-state index contributed by atoms with van der Waals surface area (Å²) in [5.74, 6) is -0.842. The quantitative estimate of drug-likeness (QED) is 0.818. The van der Waals surface area contributed by atoms with Crippen LogP contribution in [0.1, 0.15) is 21.5 Å². The third-order valence-electron chi connectivity index (χ3n) is 3.27. The van der Waals surface area contributed by atoms with Gasteiger partial charge < -0.3 is 4.74 Å². The third kappa shape index (κ3) is 4.80. The molecule has 0 bridgehead atoms. The lowest BCUT2D eigenvalue weighted by molar-refractivity contribution is -0.137. The number of carbonyl (C=O) groups excluding carboxylic acids is 1. The van der Waals surface area contributed by atoms with Gasteiger partial charge in [0.1, 0.15) is 6.61 Å². The summed E-state index contributed by atoms with van der Waals surface area (Å²) in [6.45, 7) is -0.369. The predicted octanol–water partition coefficient (Wildman–Crippen LogP) is 2.97. The highest BCUT2D eigenvalue weighted by atomic mass is 32.2. The number of ether oxygens (including phenoxy) is 1. The summed E-state index contributed by atoms with van der Waals surface area (Å²) in [7, 11) is -2.50. The third-order valence-corrected chi connectivity index (χ3v) is 4.69. The van der Waals surface area contributed by atoms with Crippen molar-refractivity contribution in [2.24, 2.45) is 0 Å². The summed E-state index contributed by atoms with van der Waals surface area (Å²) in [5.41, 5.74) is -0.700. The summed E-state index contributed by atoms with van der Waals surface area (Å²) in [5, 5.41) is 0. The van der Waals surface area contributed by atoms with E-state index in [4.69, 9.17) is 4.74 Å². The van der Waals surface area contributed by atoms with E-state index in [1.807, 2.05) is 0 Å². The van der Waals surface area contributed by atoms with E-state index < -0.39 is 27.7 Å². The molecule has 5 nitrogen and oxygen atoms in total. The molecule has 0 aliphatic rings. The highest BCUT2D eigenvalue weighted by molar-refractivity contribution is 7.89. The molecule has 0 spiro atoms. The molecule has 0 saturated carbocycles. The molecule has 2 rings (SSSR count). The van der Waals surface area contributed by atoms with E-state index >= 15 is 0 Å². The molecule has 2 aromatic carbocycles. The Morgan fingerprint density at radius 2 is 1.80 bits per heavy atom. The van der Waals surface area contributed by atoms with Crippen LogP contribution in [0.3, 0.4) is 0 Å². The molecule has 0 radical (unpaired) electrons. The second-order valence-electron chi connectivity index (χ2n) is 5.01. The van der Waals surface area contributed by atoms with Crippen molar-refractivity contribution in [2.75, 3.05) is 7.05 Å². The van der Waals surface area contributed by atoms with Crippen LogP contribution in [0.4, 0.5) is 13.2 Å². The van der Waals surface area contributed by atoms with Gasteiger partial charge in [0.2, 0.25) is 10.0 Å². The zero-order chi connectivity index (χ0) is 18.7. The molecule has 0 aliphatic carbocycles. The van der Waals surface area contributed by atoms with Crippen LogP contribution in [0, 0.1) is 0 Å². The van der Waals surface area contributed by atoms with Crippen molar-refractivity contribution in [1.82, 2.24) is 4.72 Å². The van der Waals surface area contributed by atoms with Crippen molar-refractivity contribution in [3.63, 3.8) is 0 Å². The first-order valence-electron chi connectivity index (χ1n) is 7.00. The van der Waals surface area contributed by atoms with Crippen molar-refractivity contribution < 1.29 is 31.1 Å². The van der Waals surface area contributed by atoms with Crippen molar-refractivity contribution >= 4 is 16.0 Å². The first-order valence-corrected chi connectivity index (χ1v) is 8.48. The van der Waals surface area contributed by atoms with Crippen LogP contribution in [0.25, 0.3) is 0 Å². The maximum Gasteiger partial charge on any atom is 0.416 e. The summed E-state index contributed by atoms with van der Waals surface area (Å²) in [4.78, 5) is 11.9. The van der Waals surface area contributed by atoms with Gasteiger partial charge in [-0.3, -0.25) is 0 Å². The molecule has 0 aliphatic heterocycles. The molecule has 2 aromatic rings. The van der Waals surface area contributed by atoms with E-state index in [2.05, 4.69) is 4.72 Å². The van der Waals surface area contributed by atoms with Crippen LogP contribution in [0.15, 0.2) is 53.4 Å². The number of rotatable bonds is 5. The number of halogens is 3. The Balaban J connectivity index is 2.13. The van der Waals surface area contributed by atoms with E-state index in [-0.39, 0.29) is 22.6 Å². The van der Waals surface area contributed by atoms with Gasteiger partial charge in [-0.05, 0) is 42.9 Å². The van der Waals surface area contributed by atoms with Gasteiger partial charge in [-0.1, -0.05) is 18.2 Å². The number of sulfonamides is 1. The van der Waals surface area contributed by atoms with Crippen LogP contribution < -0.4 is 4.72 Å². The second kappa shape index (κ2) is 7.24. The average Bonchev–Trinajstić information content (AvgIpc) is 2.59.